The van der Waals surface area contributed by atoms with Crippen molar-refractivity contribution in [3.05, 3.63) is 23.3 Å². The summed E-state index contributed by atoms with van der Waals surface area (Å²) in [5, 5.41) is 2.70. The van der Waals surface area contributed by atoms with Crippen molar-refractivity contribution in [2.75, 3.05) is 16.8 Å². The van der Waals surface area contributed by atoms with E-state index in [9.17, 15) is 13.2 Å². The van der Waals surface area contributed by atoms with Gasteiger partial charge in [-0.15, -0.1) is 0 Å². The molecule has 2 unspecified atom stereocenters. The minimum Gasteiger partial charge on any atom is -0.372 e. The van der Waals surface area contributed by atoms with Gasteiger partial charge in [-0.1, -0.05) is 0 Å². The van der Waals surface area contributed by atoms with Crippen LogP contribution in [0.1, 0.15) is 71.4 Å². The average Bonchev–Trinajstić information content (AvgIpc) is 2.74. The van der Waals surface area contributed by atoms with E-state index in [-0.39, 0.29) is 36.1 Å². The molecule has 0 radical (unpaired) electrons. The number of ether oxygens (including phenoxy) is 1. The maximum atomic E-state index is 13.0. The number of hydrogen-bond acceptors (Lipinski definition) is 5. The van der Waals surface area contributed by atoms with Gasteiger partial charge < -0.3 is 15.0 Å². The Labute approximate surface area is 199 Å². The highest BCUT2D eigenvalue weighted by molar-refractivity contribution is 7.90. The Morgan fingerprint density at radius 1 is 1.06 bits per heavy atom. The normalized spacial score (nSPS) is 28.7. The third kappa shape index (κ3) is 5.89. The molecule has 0 aromatic heterocycles. The molecule has 186 valence electrons. The van der Waals surface area contributed by atoms with Crippen LogP contribution in [0.15, 0.2) is 12.1 Å². The van der Waals surface area contributed by atoms with Crippen LogP contribution in [-0.4, -0.2) is 50.4 Å². The van der Waals surface area contributed by atoms with Crippen molar-refractivity contribution in [2.45, 2.75) is 104 Å². The van der Waals surface area contributed by atoms with Gasteiger partial charge >= 0.3 is 0 Å². The van der Waals surface area contributed by atoms with Crippen LogP contribution in [0.4, 0.5) is 11.4 Å². The second kappa shape index (κ2) is 10.3. The van der Waals surface area contributed by atoms with Crippen LogP contribution >= 0.6 is 0 Å². The highest BCUT2D eigenvalue weighted by Crippen LogP contribution is 2.34. The van der Waals surface area contributed by atoms with Gasteiger partial charge in [0, 0.05) is 29.9 Å². The van der Waals surface area contributed by atoms with E-state index in [0.717, 1.165) is 17.8 Å². The van der Waals surface area contributed by atoms with E-state index in [1.54, 1.807) is 13.8 Å². The minimum atomic E-state index is -3.28. The molecule has 2 fully saturated rings. The number of nitrogens with one attached hydrogen (secondary N) is 2. The number of hydrogen-bond donors (Lipinski definition) is 2. The summed E-state index contributed by atoms with van der Waals surface area (Å²) in [7, 11) is -3.28. The van der Waals surface area contributed by atoms with E-state index in [1.165, 1.54) is 11.3 Å². The lowest BCUT2D eigenvalue weighted by molar-refractivity contribution is -0.120. The molecule has 3 rings (SSSR count). The van der Waals surface area contributed by atoms with Crippen LogP contribution in [0, 0.1) is 19.8 Å². The molecular formula is C25H41N3O4S. The average molecular weight is 480 g/mol. The van der Waals surface area contributed by atoms with Crippen LogP contribution in [0.5, 0.6) is 0 Å². The van der Waals surface area contributed by atoms with Gasteiger partial charge in [-0.3, -0.25) is 4.79 Å². The Bertz CT molecular complexity index is 955. The Morgan fingerprint density at radius 2 is 1.70 bits per heavy atom. The Hall–Kier alpha value is -1.64. The van der Waals surface area contributed by atoms with Gasteiger partial charge in [-0.25, -0.2) is 13.1 Å². The molecule has 1 saturated carbocycles. The standard InChI is InChI=1S/C25H41N3O4S/c1-15(2)33(30,31)27-22-10-8-21(9-11-22)25(29)26-23-12-13-24(18(5)17(23)4)28-14-16(3)32-20(7)19(28)6/h12-13,15-16,19-22,27H,8-11,14H2,1-7H3,(H,26,29)/t16-,19?,20?,21?,22?/m0/s1. The third-order valence-corrected chi connectivity index (χ3v) is 9.35. The first kappa shape index (κ1) is 26.0. The first-order valence-corrected chi connectivity index (χ1v) is 13.8. The number of sulfonamides is 1. The maximum absolute atomic E-state index is 13.0. The van der Waals surface area contributed by atoms with Gasteiger partial charge in [0.1, 0.15) is 0 Å². The predicted molar refractivity (Wildman–Crippen MR) is 134 cm³/mol. The molecule has 2 aliphatic rings. The number of rotatable bonds is 6. The lowest BCUT2D eigenvalue weighted by Gasteiger charge is -2.43. The highest BCUT2D eigenvalue weighted by Gasteiger charge is 2.32. The summed E-state index contributed by atoms with van der Waals surface area (Å²) in [4.78, 5) is 15.4. The number of carbonyl (C=O) groups excluding carboxylic acids is 1. The molecular weight excluding hydrogens is 438 g/mol. The lowest BCUT2D eigenvalue weighted by atomic mass is 9.86. The molecule has 1 aromatic rings. The molecule has 1 aliphatic heterocycles. The fraction of sp³-hybridized carbons (Fsp3) is 0.720. The van der Waals surface area contributed by atoms with E-state index in [0.29, 0.717) is 25.7 Å². The molecule has 33 heavy (non-hydrogen) atoms. The molecule has 0 spiro atoms. The number of carbonyl (C=O) groups is 1. The topological polar surface area (TPSA) is 87.7 Å². The van der Waals surface area contributed by atoms with E-state index in [1.807, 2.05) is 6.07 Å². The van der Waals surface area contributed by atoms with E-state index in [4.69, 9.17) is 4.74 Å². The lowest BCUT2D eigenvalue weighted by Crippen LogP contribution is -2.52. The molecule has 1 aromatic carbocycles. The van der Waals surface area contributed by atoms with Crippen molar-refractivity contribution in [1.29, 1.82) is 0 Å². The quantitative estimate of drug-likeness (QED) is 0.641. The van der Waals surface area contributed by atoms with Crippen LogP contribution in [0.3, 0.4) is 0 Å². The van der Waals surface area contributed by atoms with Gasteiger partial charge in [0.05, 0.1) is 23.5 Å². The first-order valence-electron chi connectivity index (χ1n) is 12.2. The van der Waals surface area contributed by atoms with Crippen molar-refractivity contribution in [1.82, 2.24) is 4.72 Å². The SMILES string of the molecule is Cc1c(NC(=O)C2CCC(NS(=O)(=O)C(C)C)CC2)ccc(N2C[C@H](C)OC(C)C2C)c1C. The van der Waals surface area contributed by atoms with E-state index < -0.39 is 15.3 Å². The first-order chi connectivity index (χ1) is 15.4. The smallest absolute Gasteiger partial charge is 0.227 e. The second-order valence-corrected chi connectivity index (χ2v) is 12.4. The van der Waals surface area contributed by atoms with Crippen molar-refractivity contribution in [2.24, 2.45) is 5.92 Å². The number of anilines is 2. The monoisotopic (exact) mass is 479 g/mol. The molecule has 7 nitrogen and oxygen atoms in total. The Balaban J connectivity index is 1.64. The molecule has 8 heteroatoms. The fourth-order valence-corrected chi connectivity index (χ4v) is 5.84. The summed E-state index contributed by atoms with van der Waals surface area (Å²) in [6, 6.07) is 4.32. The van der Waals surface area contributed by atoms with Gasteiger partial charge in [0.2, 0.25) is 15.9 Å². The zero-order chi connectivity index (χ0) is 24.5. The molecule has 0 bridgehead atoms. The summed E-state index contributed by atoms with van der Waals surface area (Å²) in [5.74, 6) is -0.0671. The fourth-order valence-electron chi connectivity index (χ4n) is 4.87. The summed E-state index contributed by atoms with van der Waals surface area (Å²) in [5.41, 5.74) is 4.30. The highest BCUT2D eigenvalue weighted by atomic mass is 32.2. The van der Waals surface area contributed by atoms with Gasteiger partial charge in [0.25, 0.3) is 0 Å². The molecule has 1 aliphatic carbocycles. The number of benzene rings is 1. The Morgan fingerprint density at radius 3 is 2.30 bits per heavy atom. The largest absolute Gasteiger partial charge is 0.372 e. The van der Waals surface area contributed by atoms with Crippen LogP contribution in [-0.2, 0) is 19.6 Å². The van der Waals surface area contributed by atoms with Gasteiger partial charge in [0.15, 0.2) is 0 Å². The third-order valence-electron chi connectivity index (χ3n) is 7.45. The number of morpholine rings is 1. The summed E-state index contributed by atoms with van der Waals surface area (Å²) >= 11 is 0. The maximum Gasteiger partial charge on any atom is 0.227 e. The number of nitrogens with zero attached hydrogens (tertiary/aromatic N) is 1. The van der Waals surface area contributed by atoms with E-state index in [2.05, 4.69) is 55.6 Å². The molecule has 2 N–H and O–H groups in total. The second-order valence-electron chi connectivity index (χ2n) is 10.2. The van der Waals surface area contributed by atoms with E-state index >= 15 is 0 Å². The Kier molecular flexibility index (Phi) is 8.12. The molecule has 1 saturated heterocycles. The predicted octanol–water partition coefficient (Wildman–Crippen LogP) is 4.13. The number of amides is 1. The summed E-state index contributed by atoms with van der Waals surface area (Å²) in [6.45, 7) is 14.8. The summed E-state index contributed by atoms with van der Waals surface area (Å²) < 4.78 is 33.0. The van der Waals surface area contributed by atoms with Crippen molar-refractivity contribution >= 4 is 27.3 Å². The van der Waals surface area contributed by atoms with Crippen LogP contribution < -0.4 is 14.9 Å². The zero-order valence-electron chi connectivity index (χ0n) is 21.1. The zero-order valence-corrected chi connectivity index (χ0v) is 22.0. The van der Waals surface area contributed by atoms with Crippen molar-refractivity contribution in [3.8, 4) is 0 Å². The van der Waals surface area contributed by atoms with Crippen LogP contribution in [0.25, 0.3) is 0 Å². The van der Waals surface area contributed by atoms with Gasteiger partial charge in [-0.05, 0) is 97.4 Å². The molecule has 1 amide bonds. The minimum absolute atomic E-state index is 0.0254. The van der Waals surface area contributed by atoms with Crippen molar-refractivity contribution < 1.29 is 17.9 Å². The van der Waals surface area contributed by atoms with Crippen LogP contribution in [0.2, 0.25) is 0 Å². The van der Waals surface area contributed by atoms with Crippen molar-refractivity contribution in [3.63, 3.8) is 0 Å². The van der Waals surface area contributed by atoms with Gasteiger partial charge in [-0.2, -0.15) is 0 Å². The molecule has 3 atom stereocenters. The summed E-state index contributed by atoms with van der Waals surface area (Å²) in [6.07, 6.45) is 3.09. The molecule has 1 heterocycles.